The van der Waals surface area contributed by atoms with E-state index in [0.29, 0.717) is 22.0 Å². The minimum atomic E-state index is -3.92. The van der Waals surface area contributed by atoms with Crippen molar-refractivity contribution < 1.29 is 21.6 Å². The van der Waals surface area contributed by atoms with Crippen LogP contribution in [-0.4, -0.2) is 35.5 Å². The van der Waals surface area contributed by atoms with Crippen molar-refractivity contribution in [2.24, 2.45) is 0 Å². The first kappa shape index (κ1) is 25.8. The van der Waals surface area contributed by atoms with Crippen LogP contribution in [-0.2, 0) is 20.0 Å². The van der Waals surface area contributed by atoms with E-state index in [1.54, 1.807) is 19.1 Å². The molecule has 2 N–H and O–H groups in total. The number of halogens is 2. The van der Waals surface area contributed by atoms with Gasteiger partial charge in [0.2, 0.25) is 10.0 Å². The van der Waals surface area contributed by atoms with Gasteiger partial charge in [0.05, 0.1) is 27.5 Å². The average Bonchev–Trinajstić information content (AvgIpc) is 2.76. The van der Waals surface area contributed by atoms with Crippen LogP contribution < -0.4 is 14.3 Å². The van der Waals surface area contributed by atoms with Gasteiger partial charge in [-0.3, -0.25) is 13.8 Å². The van der Waals surface area contributed by atoms with E-state index in [4.69, 9.17) is 23.2 Å². The highest BCUT2D eigenvalue weighted by atomic mass is 35.5. The number of anilines is 3. The van der Waals surface area contributed by atoms with E-state index in [2.05, 4.69) is 10.0 Å². The molecule has 0 spiro atoms. The number of nitrogens with zero attached hydrogens (tertiary/aromatic N) is 1. The van der Waals surface area contributed by atoms with Crippen LogP contribution in [0, 0.1) is 0 Å². The third-order valence-electron chi connectivity index (χ3n) is 4.70. The Labute approximate surface area is 208 Å². The second-order valence-corrected chi connectivity index (χ2v) is 11.6. The number of rotatable bonds is 8. The first-order valence-electron chi connectivity index (χ1n) is 9.88. The van der Waals surface area contributed by atoms with Crippen LogP contribution >= 0.6 is 23.2 Å². The lowest BCUT2D eigenvalue weighted by atomic mass is 10.2. The van der Waals surface area contributed by atoms with E-state index in [1.807, 2.05) is 0 Å². The van der Waals surface area contributed by atoms with Crippen molar-refractivity contribution >= 4 is 66.2 Å². The highest BCUT2D eigenvalue weighted by Gasteiger charge is 2.18. The normalized spacial score (nSPS) is 11.6. The maximum Gasteiger partial charge on any atom is 0.261 e. The van der Waals surface area contributed by atoms with Gasteiger partial charge in [0, 0.05) is 22.8 Å². The molecule has 0 atom stereocenters. The van der Waals surface area contributed by atoms with E-state index in [1.165, 1.54) is 58.9 Å². The fraction of sp³-hybridized carbons (Fsp3) is 0.136. The summed E-state index contributed by atoms with van der Waals surface area (Å²) >= 11 is 11.9. The molecule has 8 nitrogen and oxygen atoms in total. The Morgan fingerprint density at radius 3 is 2.06 bits per heavy atom. The zero-order valence-electron chi connectivity index (χ0n) is 18.1. The van der Waals surface area contributed by atoms with Crippen molar-refractivity contribution in [3.63, 3.8) is 0 Å². The SMILES string of the molecule is CCN(c1ccc(C(=O)Nc2ccc(S(=O)(=O)Nc3ccc(Cl)cc3Cl)cc2)cc1)S(C)(=O)=O. The standard InChI is InChI=1S/C22H21Cl2N3O5S2/c1-3-27(33(2,29)30)18-9-4-15(5-10-18)22(28)25-17-7-11-19(12-8-17)34(31,32)26-21-13-6-16(23)14-20(21)24/h4-14,26H,3H2,1-2H3,(H,25,28). The second-order valence-electron chi connectivity index (χ2n) is 7.18. The molecule has 0 saturated carbocycles. The Morgan fingerprint density at radius 2 is 1.53 bits per heavy atom. The van der Waals surface area contributed by atoms with Gasteiger partial charge >= 0.3 is 0 Å². The fourth-order valence-electron chi connectivity index (χ4n) is 3.08. The van der Waals surface area contributed by atoms with Crippen molar-refractivity contribution in [2.45, 2.75) is 11.8 Å². The van der Waals surface area contributed by atoms with Gasteiger partial charge in [-0.1, -0.05) is 23.2 Å². The molecule has 0 radical (unpaired) electrons. The molecule has 0 heterocycles. The molecule has 0 aromatic heterocycles. The molecular formula is C22H21Cl2N3O5S2. The molecule has 3 aromatic rings. The number of carbonyl (C=O) groups is 1. The molecule has 0 fully saturated rings. The quantitative estimate of drug-likeness (QED) is 0.423. The zero-order chi connectivity index (χ0) is 25.1. The maximum absolute atomic E-state index is 12.6. The number of hydrogen-bond acceptors (Lipinski definition) is 5. The van der Waals surface area contributed by atoms with Gasteiger partial charge < -0.3 is 5.32 Å². The fourth-order valence-corrected chi connectivity index (χ4v) is 5.65. The molecule has 0 aliphatic carbocycles. The summed E-state index contributed by atoms with van der Waals surface area (Å²) in [5, 5.41) is 3.21. The Morgan fingerprint density at radius 1 is 0.912 bits per heavy atom. The van der Waals surface area contributed by atoms with Crippen molar-refractivity contribution in [3.05, 3.63) is 82.3 Å². The van der Waals surface area contributed by atoms with Crippen LogP contribution in [0.25, 0.3) is 0 Å². The summed E-state index contributed by atoms with van der Waals surface area (Å²) in [6.45, 7) is 1.98. The minimum absolute atomic E-state index is 0.0266. The van der Waals surface area contributed by atoms with Crippen molar-refractivity contribution in [1.29, 1.82) is 0 Å². The van der Waals surface area contributed by atoms with E-state index in [-0.39, 0.29) is 22.2 Å². The summed E-state index contributed by atoms with van der Waals surface area (Å²) in [4.78, 5) is 12.5. The predicted molar refractivity (Wildman–Crippen MR) is 136 cm³/mol. The first-order chi connectivity index (χ1) is 15.9. The van der Waals surface area contributed by atoms with E-state index >= 15 is 0 Å². The molecule has 34 heavy (non-hydrogen) atoms. The van der Waals surface area contributed by atoms with Gasteiger partial charge in [0.25, 0.3) is 15.9 Å². The Kier molecular flexibility index (Phi) is 7.77. The monoisotopic (exact) mass is 541 g/mol. The second kappa shape index (κ2) is 10.2. The third-order valence-corrected chi connectivity index (χ3v) is 7.90. The molecule has 12 heteroatoms. The molecule has 0 saturated heterocycles. The summed E-state index contributed by atoms with van der Waals surface area (Å²) < 4.78 is 52.6. The predicted octanol–water partition coefficient (Wildman–Crippen LogP) is 4.83. The molecule has 0 aliphatic rings. The van der Waals surface area contributed by atoms with Crippen molar-refractivity contribution in [2.75, 3.05) is 27.1 Å². The van der Waals surface area contributed by atoms with Crippen LogP contribution in [0.5, 0.6) is 0 Å². The van der Waals surface area contributed by atoms with Crippen molar-refractivity contribution in [3.8, 4) is 0 Å². The van der Waals surface area contributed by atoms with Gasteiger partial charge in [-0.2, -0.15) is 0 Å². The first-order valence-corrected chi connectivity index (χ1v) is 14.0. The number of amides is 1. The van der Waals surface area contributed by atoms with Crippen LogP contribution in [0.4, 0.5) is 17.1 Å². The molecule has 3 rings (SSSR count). The summed E-state index contributed by atoms with van der Waals surface area (Å²) in [5.74, 6) is -0.435. The van der Waals surface area contributed by atoms with Crippen molar-refractivity contribution in [1.82, 2.24) is 0 Å². The summed E-state index contributed by atoms with van der Waals surface area (Å²) in [7, 11) is -7.34. The zero-order valence-corrected chi connectivity index (χ0v) is 21.3. The molecule has 0 aliphatic heterocycles. The molecular weight excluding hydrogens is 521 g/mol. The number of sulfonamides is 2. The lowest BCUT2D eigenvalue weighted by molar-refractivity contribution is 0.102. The summed E-state index contributed by atoms with van der Waals surface area (Å²) in [6.07, 6.45) is 1.11. The summed E-state index contributed by atoms with van der Waals surface area (Å²) in [5.41, 5.74) is 1.32. The molecule has 0 unspecified atom stereocenters. The highest BCUT2D eigenvalue weighted by molar-refractivity contribution is 7.92. The largest absolute Gasteiger partial charge is 0.322 e. The number of carbonyl (C=O) groups excluding carboxylic acids is 1. The molecule has 1 amide bonds. The molecule has 3 aromatic carbocycles. The van der Waals surface area contributed by atoms with Gasteiger partial charge in [0.15, 0.2) is 0 Å². The van der Waals surface area contributed by atoms with Crippen LogP contribution in [0.15, 0.2) is 71.6 Å². The van der Waals surface area contributed by atoms with Crippen LogP contribution in [0.3, 0.4) is 0 Å². The lowest BCUT2D eigenvalue weighted by Crippen LogP contribution is -2.29. The number of nitrogens with one attached hydrogen (secondary N) is 2. The lowest BCUT2D eigenvalue weighted by Gasteiger charge is -2.20. The number of hydrogen-bond donors (Lipinski definition) is 2. The molecule has 180 valence electrons. The smallest absolute Gasteiger partial charge is 0.261 e. The summed E-state index contributed by atoms with van der Waals surface area (Å²) in [6, 6.07) is 16.1. The van der Waals surface area contributed by atoms with Gasteiger partial charge in [-0.05, 0) is 73.7 Å². The van der Waals surface area contributed by atoms with E-state index in [9.17, 15) is 21.6 Å². The van der Waals surface area contributed by atoms with Crippen LogP contribution in [0.1, 0.15) is 17.3 Å². The maximum atomic E-state index is 12.6. The van der Waals surface area contributed by atoms with E-state index in [0.717, 1.165) is 6.26 Å². The Balaban J connectivity index is 1.71. The topological polar surface area (TPSA) is 113 Å². The van der Waals surface area contributed by atoms with Gasteiger partial charge in [0.1, 0.15) is 0 Å². The van der Waals surface area contributed by atoms with Gasteiger partial charge in [-0.15, -0.1) is 0 Å². The van der Waals surface area contributed by atoms with E-state index < -0.39 is 26.0 Å². The van der Waals surface area contributed by atoms with Crippen LogP contribution in [0.2, 0.25) is 10.0 Å². The molecule has 0 bridgehead atoms. The van der Waals surface area contributed by atoms with Gasteiger partial charge in [-0.25, -0.2) is 16.8 Å². The minimum Gasteiger partial charge on any atom is -0.322 e. The highest BCUT2D eigenvalue weighted by Crippen LogP contribution is 2.28. The average molecular weight is 542 g/mol. The Bertz CT molecular complexity index is 1410. The number of benzene rings is 3. The third kappa shape index (κ3) is 6.20. The Hall–Kier alpha value is -2.79.